The molecule has 2 unspecified atom stereocenters. The number of nitrogens with zero attached hydrogens (tertiary/aromatic N) is 1. The second kappa shape index (κ2) is 5.92. The van der Waals surface area contributed by atoms with E-state index in [1.54, 1.807) is 18.2 Å². The summed E-state index contributed by atoms with van der Waals surface area (Å²) in [5, 5.41) is 3.95. The fraction of sp³-hybridized carbons (Fsp3) is 0.571. The average Bonchev–Trinajstić information content (AvgIpc) is 2.35. The molecule has 1 aromatic rings. The number of benzene rings is 1. The van der Waals surface area contributed by atoms with Crippen LogP contribution in [0.3, 0.4) is 0 Å². The van der Waals surface area contributed by atoms with Crippen LogP contribution in [0.25, 0.3) is 0 Å². The van der Waals surface area contributed by atoms with Gasteiger partial charge in [0, 0.05) is 24.9 Å². The molecule has 1 N–H and O–H groups in total. The lowest BCUT2D eigenvalue weighted by molar-refractivity contribution is 0.190. The smallest absolute Gasteiger partial charge is 0.175 e. The SMILES string of the molecule is CC1CC(Nc2cc(S(C)(=O)=O)ccc2Cl)CCN1C. The molecule has 0 bridgehead atoms. The molecule has 1 heterocycles. The fourth-order valence-corrected chi connectivity index (χ4v) is 3.31. The van der Waals surface area contributed by atoms with Gasteiger partial charge in [-0.2, -0.15) is 0 Å². The summed E-state index contributed by atoms with van der Waals surface area (Å²) in [6, 6.07) is 5.64. The van der Waals surface area contributed by atoms with Crippen molar-refractivity contribution in [3.8, 4) is 0 Å². The van der Waals surface area contributed by atoms with Gasteiger partial charge in [-0.3, -0.25) is 0 Å². The van der Waals surface area contributed by atoms with Crippen LogP contribution in [0.1, 0.15) is 19.8 Å². The third-order valence-electron chi connectivity index (χ3n) is 3.93. The van der Waals surface area contributed by atoms with Crippen molar-refractivity contribution < 1.29 is 8.42 Å². The van der Waals surface area contributed by atoms with Crippen molar-refractivity contribution in [3.05, 3.63) is 23.2 Å². The van der Waals surface area contributed by atoms with Gasteiger partial charge in [-0.25, -0.2) is 8.42 Å². The molecule has 0 amide bonds. The molecule has 2 rings (SSSR count). The van der Waals surface area contributed by atoms with Crippen molar-refractivity contribution in [1.29, 1.82) is 0 Å². The summed E-state index contributed by atoms with van der Waals surface area (Å²) in [5.74, 6) is 0. The lowest BCUT2D eigenvalue weighted by Crippen LogP contribution is -2.42. The maximum atomic E-state index is 11.6. The topological polar surface area (TPSA) is 49.4 Å². The number of halogens is 1. The van der Waals surface area contributed by atoms with Gasteiger partial charge < -0.3 is 10.2 Å². The Morgan fingerprint density at radius 1 is 1.40 bits per heavy atom. The van der Waals surface area contributed by atoms with E-state index in [1.165, 1.54) is 6.26 Å². The quantitative estimate of drug-likeness (QED) is 0.931. The van der Waals surface area contributed by atoms with E-state index in [-0.39, 0.29) is 0 Å². The summed E-state index contributed by atoms with van der Waals surface area (Å²) in [5.41, 5.74) is 0.705. The van der Waals surface area contributed by atoms with Crippen LogP contribution in [-0.4, -0.2) is 45.2 Å². The first-order chi connectivity index (χ1) is 9.27. The Hall–Kier alpha value is -0.780. The van der Waals surface area contributed by atoms with Crippen molar-refractivity contribution in [3.63, 3.8) is 0 Å². The lowest BCUT2D eigenvalue weighted by atomic mass is 9.99. The maximum absolute atomic E-state index is 11.6. The summed E-state index contributed by atoms with van der Waals surface area (Å²) in [4.78, 5) is 2.62. The van der Waals surface area contributed by atoms with Gasteiger partial charge in [-0.1, -0.05) is 11.6 Å². The molecule has 0 aliphatic carbocycles. The molecule has 1 aliphatic heterocycles. The van der Waals surface area contributed by atoms with Gasteiger partial charge in [-0.05, 0) is 45.0 Å². The number of anilines is 1. The van der Waals surface area contributed by atoms with Gasteiger partial charge in [0.1, 0.15) is 0 Å². The number of hydrogen-bond acceptors (Lipinski definition) is 4. The van der Waals surface area contributed by atoms with E-state index in [0.717, 1.165) is 19.4 Å². The highest BCUT2D eigenvalue weighted by molar-refractivity contribution is 7.90. The molecule has 20 heavy (non-hydrogen) atoms. The standard InChI is InChI=1S/C14H21ClN2O2S/c1-10-8-11(6-7-17(10)2)16-14-9-12(20(3,18)19)4-5-13(14)15/h4-5,9-11,16H,6-8H2,1-3H3. The molecule has 0 aromatic heterocycles. The molecule has 1 saturated heterocycles. The van der Waals surface area contributed by atoms with Crippen LogP contribution < -0.4 is 5.32 Å². The Bertz CT molecular complexity index is 589. The van der Waals surface area contributed by atoms with Crippen LogP contribution >= 0.6 is 11.6 Å². The molecule has 1 fully saturated rings. The van der Waals surface area contributed by atoms with E-state index in [4.69, 9.17) is 11.6 Å². The van der Waals surface area contributed by atoms with Crippen molar-refractivity contribution in [2.75, 3.05) is 25.2 Å². The summed E-state index contributed by atoms with van der Waals surface area (Å²) in [6.07, 6.45) is 3.26. The Kier molecular flexibility index (Phi) is 4.62. The molecular weight excluding hydrogens is 296 g/mol. The highest BCUT2D eigenvalue weighted by Crippen LogP contribution is 2.28. The highest BCUT2D eigenvalue weighted by Gasteiger charge is 2.23. The van der Waals surface area contributed by atoms with Crippen molar-refractivity contribution in [2.24, 2.45) is 0 Å². The predicted octanol–water partition coefficient (Wildman–Crippen LogP) is 2.64. The summed E-state index contributed by atoms with van der Waals surface area (Å²) < 4.78 is 23.2. The molecule has 112 valence electrons. The predicted molar refractivity (Wildman–Crippen MR) is 83.3 cm³/mol. The summed E-state index contributed by atoms with van der Waals surface area (Å²) >= 11 is 6.16. The normalized spacial score (nSPS) is 24.6. The largest absolute Gasteiger partial charge is 0.381 e. The monoisotopic (exact) mass is 316 g/mol. The van der Waals surface area contributed by atoms with Crippen LogP contribution in [0, 0.1) is 0 Å². The minimum absolute atomic E-state index is 0.297. The van der Waals surface area contributed by atoms with Crippen LogP contribution in [-0.2, 0) is 9.84 Å². The Morgan fingerprint density at radius 3 is 2.70 bits per heavy atom. The van der Waals surface area contributed by atoms with Crippen LogP contribution in [0.2, 0.25) is 5.02 Å². The van der Waals surface area contributed by atoms with Gasteiger partial charge >= 0.3 is 0 Å². The molecule has 1 aliphatic rings. The molecule has 0 saturated carbocycles. The maximum Gasteiger partial charge on any atom is 0.175 e. The zero-order chi connectivity index (χ0) is 14.9. The van der Waals surface area contributed by atoms with Crippen LogP contribution in [0.5, 0.6) is 0 Å². The van der Waals surface area contributed by atoms with E-state index in [1.807, 2.05) is 0 Å². The summed E-state index contributed by atoms with van der Waals surface area (Å²) in [7, 11) is -1.09. The molecular formula is C14H21ClN2O2S. The van der Waals surface area contributed by atoms with Crippen molar-refractivity contribution in [1.82, 2.24) is 4.90 Å². The van der Waals surface area contributed by atoms with E-state index in [9.17, 15) is 8.42 Å². The van der Waals surface area contributed by atoms with Gasteiger partial charge in [0.25, 0.3) is 0 Å². The lowest BCUT2D eigenvalue weighted by Gasteiger charge is -2.36. The van der Waals surface area contributed by atoms with Gasteiger partial charge in [0.05, 0.1) is 15.6 Å². The molecule has 6 heteroatoms. The number of sulfone groups is 1. The first-order valence-corrected chi connectivity index (χ1v) is 9.00. The second-order valence-corrected chi connectivity index (χ2v) is 8.03. The average molecular weight is 317 g/mol. The number of hydrogen-bond donors (Lipinski definition) is 1. The minimum atomic E-state index is -3.21. The van der Waals surface area contributed by atoms with Crippen molar-refractivity contribution >= 4 is 27.1 Å². The number of nitrogens with one attached hydrogen (secondary N) is 1. The molecule has 0 spiro atoms. The van der Waals surface area contributed by atoms with E-state index in [2.05, 4.69) is 24.2 Å². The van der Waals surface area contributed by atoms with Gasteiger partial charge in [0.15, 0.2) is 9.84 Å². The number of rotatable bonds is 3. The van der Waals surface area contributed by atoms with Crippen molar-refractivity contribution in [2.45, 2.75) is 36.7 Å². The molecule has 2 atom stereocenters. The Morgan fingerprint density at radius 2 is 2.10 bits per heavy atom. The number of likely N-dealkylation sites (tertiary alicyclic amines) is 1. The zero-order valence-corrected chi connectivity index (χ0v) is 13.6. The van der Waals surface area contributed by atoms with Gasteiger partial charge in [0.2, 0.25) is 0 Å². The molecule has 4 nitrogen and oxygen atoms in total. The molecule has 1 aromatic carbocycles. The fourth-order valence-electron chi connectivity index (χ4n) is 2.49. The minimum Gasteiger partial charge on any atom is -0.381 e. The van der Waals surface area contributed by atoms with Gasteiger partial charge in [-0.15, -0.1) is 0 Å². The van der Waals surface area contributed by atoms with E-state index >= 15 is 0 Å². The first kappa shape index (κ1) is 15.6. The first-order valence-electron chi connectivity index (χ1n) is 6.74. The summed E-state index contributed by atoms with van der Waals surface area (Å²) in [6.45, 7) is 3.23. The number of piperidine rings is 1. The second-order valence-electron chi connectivity index (χ2n) is 5.61. The third-order valence-corrected chi connectivity index (χ3v) is 5.37. The highest BCUT2D eigenvalue weighted by atomic mass is 35.5. The van der Waals surface area contributed by atoms with Crippen LogP contribution in [0.4, 0.5) is 5.69 Å². The third kappa shape index (κ3) is 3.65. The van der Waals surface area contributed by atoms with E-state index < -0.39 is 9.84 Å². The Labute approximate surface area is 126 Å². The molecule has 0 radical (unpaired) electrons. The zero-order valence-electron chi connectivity index (χ0n) is 12.1. The van der Waals surface area contributed by atoms with Crippen LogP contribution in [0.15, 0.2) is 23.1 Å². The van der Waals surface area contributed by atoms with E-state index in [0.29, 0.717) is 27.7 Å². The Balaban J connectivity index is 2.17.